The summed E-state index contributed by atoms with van der Waals surface area (Å²) in [4.78, 5) is 35.9. The number of benzene rings is 1. The fourth-order valence-corrected chi connectivity index (χ4v) is 3.09. The van der Waals surface area contributed by atoms with Gasteiger partial charge in [0.05, 0.1) is 12.8 Å². The molecular formula is C19H27N3O4. The maximum atomic E-state index is 12.4. The zero-order chi connectivity index (χ0) is 19.1. The topological polar surface area (TPSA) is 96.5 Å². The van der Waals surface area contributed by atoms with Gasteiger partial charge >= 0.3 is 0 Å². The zero-order valence-electron chi connectivity index (χ0n) is 15.6. The molecule has 1 atom stereocenters. The highest BCUT2D eigenvalue weighted by Gasteiger charge is 2.24. The lowest BCUT2D eigenvalue weighted by Gasteiger charge is -2.23. The number of ether oxygens (including phenoxy) is 1. The molecule has 1 fully saturated rings. The van der Waals surface area contributed by atoms with Gasteiger partial charge < -0.3 is 20.7 Å². The van der Waals surface area contributed by atoms with Gasteiger partial charge in [0.1, 0.15) is 11.8 Å². The first kappa shape index (κ1) is 19.8. The van der Waals surface area contributed by atoms with E-state index in [1.807, 2.05) is 0 Å². The molecule has 1 unspecified atom stereocenters. The summed E-state index contributed by atoms with van der Waals surface area (Å²) >= 11 is 0. The van der Waals surface area contributed by atoms with Crippen LogP contribution >= 0.6 is 0 Å². The number of nitrogens with one attached hydrogen (secondary N) is 3. The van der Waals surface area contributed by atoms with Crippen LogP contribution in [-0.4, -0.2) is 30.9 Å². The lowest BCUT2D eigenvalue weighted by molar-refractivity contribution is -0.129. The lowest BCUT2D eigenvalue weighted by Crippen LogP contribution is -2.44. The van der Waals surface area contributed by atoms with E-state index in [0.717, 1.165) is 25.7 Å². The number of carbonyl (C=O) groups excluding carboxylic acids is 3. The maximum Gasteiger partial charge on any atom is 0.246 e. The Balaban J connectivity index is 1.97. The summed E-state index contributed by atoms with van der Waals surface area (Å²) in [6, 6.07) is 4.31. The third-order valence-electron chi connectivity index (χ3n) is 4.51. The molecule has 142 valence electrons. The maximum absolute atomic E-state index is 12.4. The van der Waals surface area contributed by atoms with Gasteiger partial charge in [0, 0.05) is 18.5 Å². The van der Waals surface area contributed by atoms with E-state index in [-0.39, 0.29) is 23.6 Å². The standard InChI is InChI=1S/C19H27N3O4/c1-12(20-19(25)14-7-5-4-6-8-14)18(24)22-15-9-10-17(26-3)16(11-15)21-13(2)23/h9-12,14H,4-8H2,1-3H3,(H,20,25)(H,21,23)(H,22,24). The summed E-state index contributed by atoms with van der Waals surface area (Å²) in [7, 11) is 1.50. The second kappa shape index (κ2) is 9.22. The van der Waals surface area contributed by atoms with Gasteiger partial charge in [-0.3, -0.25) is 14.4 Å². The molecular weight excluding hydrogens is 334 g/mol. The zero-order valence-corrected chi connectivity index (χ0v) is 15.6. The first-order valence-electron chi connectivity index (χ1n) is 8.97. The molecule has 0 aliphatic heterocycles. The average Bonchev–Trinajstić information content (AvgIpc) is 2.62. The summed E-state index contributed by atoms with van der Waals surface area (Å²) < 4.78 is 5.19. The van der Waals surface area contributed by atoms with Crippen molar-refractivity contribution < 1.29 is 19.1 Å². The van der Waals surface area contributed by atoms with Crippen molar-refractivity contribution in [1.29, 1.82) is 0 Å². The predicted molar refractivity (Wildman–Crippen MR) is 100 cm³/mol. The molecule has 0 aromatic heterocycles. The van der Waals surface area contributed by atoms with Crippen molar-refractivity contribution >= 4 is 29.1 Å². The Morgan fingerprint density at radius 3 is 2.42 bits per heavy atom. The summed E-state index contributed by atoms with van der Waals surface area (Å²) in [5, 5.41) is 8.21. The van der Waals surface area contributed by atoms with Crippen LogP contribution in [0.15, 0.2) is 18.2 Å². The molecule has 3 N–H and O–H groups in total. The minimum Gasteiger partial charge on any atom is -0.495 e. The van der Waals surface area contributed by atoms with E-state index in [0.29, 0.717) is 17.1 Å². The van der Waals surface area contributed by atoms with Gasteiger partial charge in [-0.05, 0) is 38.0 Å². The Morgan fingerprint density at radius 2 is 1.81 bits per heavy atom. The Morgan fingerprint density at radius 1 is 1.12 bits per heavy atom. The van der Waals surface area contributed by atoms with Crippen LogP contribution in [0.5, 0.6) is 5.75 Å². The van der Waals surface area contributed by atoms with Crippen LogP contribution in [-0.2, 0) is 14.4 Å². The van der Waals surface area contributed by atoms with Crippen molar-refractivity contribution in [2.75, 3.05) is 17.7 Å². The minimum atomic E-state index is -0.643. The van der Waals surface area contributed by atoms with E-state index in [1.54, 1.807) is 25.1 Å². The van der Waals surface area contributed by atoms with Gasteiger partial charge in [0.2, 0.25) is 17.7 Å². The first-order chi connectivity index (χ1) is 12.4. The Labute approximate surface area is 153 Å². The lowest BCUT2D eigenvalue weighted by atomic mass is 9.88. The molecule has 2 rings (SSSR count). The molecule has 0 spiro atoms. The molecule has 0 bridgehead atoms. The normalized spacial score (nSPS) is 15.7. The van der Waals surface area contributed by atoms with Crippen molar-refractivity contribution in [3.05, 3.63) is 18.2 Å². The first-order valence-corrected chi connectivity index (χ1v) is 8.97. The van der Waals surface area contributed by atoms with Gasteiger partial charge in [-0.25, -0.2) is 0 Å². The molecule has 0 saturated heterocycles. The van der Waals surface area contributed by atoms with Crippen LogP contribution in [0.4, 0.5) is 11.4 Å². The molecule has 26 heavy (non-hydrogen) atoms. The molecule has 3 amide bonds. The van der Waals surface area contributed by atoms with Gasteiger partial charge in [0.15, 0.2) is 0 Å². The fourth-order valence-electron chi connectivity index (χ4n) is 3.09. The van der Waals surface area contributed by atoms with Crippen LogP contribution in [0, 0.1) is 5.92 Å². The predicted octanol–water partition coefficient (Wildman–Crippen LogP) is 2.68. The SMILES string of the molecule is COc1ccc(NC(=O)C(C)NC(=O)C2CCCCC2)cc1NC(C)=O. The highest BCUT2D eigenvalue weighted by Crippen LogP contribution is 2.28. The number of methoxy groups -OCH3 is 1. The summed E-state index contributed by atoms with van der Waals surface area (Å²) in [6.07, 6.45) is 5.08. The Bertz CT molecular complexity index is 669. The van der Waals surface area contributed by atoms with E-state index in [9.17, 15) is 14.4 Å². The number of hydrogen-bond donors (Lipinski definition) is 3. The van der Waals surface area contributed by atoms with Gasteiger partial charge in [0.25, 0.3) is 0 Å². The van der Waals surface area contributed by atoms with Crippen LogP contribution in [0.2, 0.25) is 0 Å². The Hall–Kier alpha value is -2.57. The minimum absolute atomic E-state index is 0.00588. The van der Waals surface area contributed by atoms with Crippen LogP contribution in [0.3, 0.4) is 0 Å². The van der Waals surface area contributed by atoms with Gasteiger partial charge in [-0.15, -0.1) is 0 Å². The van der Waals surface area contributed by atoms with Crippen molar-refractivity contribution in [2.45, 2.75) is 52.0 Å². The van der Waals surface area contributed by atoms with E-state index < -0.39 is 6.04 Å². The highest BCUT2D eigenvalue weighted by molar-refractivity contribution is 5.98. The second-order valence-corrected chi connectivity index (χ2v) is 6.65. The van der Waals surface area contributed by atoms with Crippen molar-refractivity contribution in [3.8, 4) is 5.75 Å². The second-order valence-electron chi connectivity index (χ2n) is 6.65. The van der Waals surface area contributed by atoms with E-state index in [1.165, 1.54) is 20.5 Å². The number of hydrogen-bond acceptors (Lipinski definition) is 4. The van der Waals surface area contributed by atoms with Crippen LogP contribution in [0.1, 0.15) is 46.0 Å². The van der Waals surface area contributed by atoms with Crippen molar-refractivity contribution in [3.63, 3.8) is 0 Å². The summed E-state index contributed by atoms with van der Waals surface area (Å²) in [5.74, 6) is -0.0998. The Kier molecular flexibility index (Phi) is 7.00. The highest BCUT2D eigenvalue weighted by atomic mass is 16.5. The van der Waals surface area contributed by atoms with Crippen LogP contribution < -0.4 is 20.7 Å². The molecule has 7 heteroatoms. The van der Waals surface area contributed by atoms with Gasteiger partial charge in [-0.1, -0.05) is 19.3 Å². The van der Waals surface area contributed by atoms with Gasteiger partial charge in [-0.2, -0.15) is 0 Å². The molecule has 1 aliphatic rings. The van der Waals surface area contributed by atoms with E-state index >= 15 is 0 Å². The van der Waals surface area contributed by atoms with Crippen molar-refractivity contribution in [2.24, 2.45) is 5.92 Å². The third-order valence-corrected chi connectivity index (χ3v) is 4.51. The number of amides is 3. The number of rotatable bonds is 6. The largest absolute Gasteiger partial charge is 0.495 e. The molecule has 1 aromatic carbocycles. The van der Waals surface area contributed by atoms with Crippen molar-refractivity contribution in [1.82, 2.24) is 5.32 Å². The summed E-state index contributed by atoms with van der Waals surface area (Å²) in [6.45, 7) is 3.06. The molecule has 1 saturated carbocycles. The number of carbonyl (C=O) groups is 3. The van der Waals surface area contributed by atoms with E-state index in [2.05, 4.69) is 16.0 Å². The third kappa shape index (κ3) is 5.47. The fraction of sp³-hybridized carbons (Fsp3) is 0.526. The smallest absolute Gasteiger partial charge is 0.246 e. The average molecular weight is 361 g/mol. The molecule has 7 nitrogen and oxygen atoms in total. The molecule has 1 aromatic rings. The van der Waals surface area contributed by atoms with Crippen LogP contribution in [0.25, 0.3) is 0 Å². The molecule has 1 aliphatic carbocycles. The number of anilines is 2. The molecule has 0 radical (unpaired) electrons. The molecule has 0 heterocycles. The summed E-state index contributed by atoms with van der Waals surface area (Å²) in [5.41, 5.74) is 0.981. The monoisotopic (exact) mass is 361 g/mol. The quantitative estimate of drug-likeness (QED) is 0.726. The van der Waals surface area contributed by atoms with E-state index in [4.69, 9.17) is 4.74 Å².